The first-order chi connectivity index (χ1) is 14.5. The Bertz CT molecular complexity index is 1080. The van der Waals surface area contributed by atoms with Gasteiger partial charge in [-0.25, -0.2) is 9.59 Å². The van der Waals surface area contributed by atoms with E-state index in [1.165, 1.54) is 13.3 Å². The van der Waals surface area contributed by atoms with Crippen molar-refractivity contribution in [3.05, 3.63) is 59.8 Å². The number of methoxy groups -OCH3 is 1. The molecule has 1 aromatic heterocycles. The molecule has 3 rings (SSSR count). The molecule has 0 fully saturated rings. The topological polar surface area (TPSA) is 86.8 Å². The second-order valence-electron chi connectivity index (χ2n) is 6.75. The highest BCUT2D eigenvalue weighted by Gasteiger charge is 2.21. The Morgan fingerprint density at radius 1 is 1.03 bits per heavy atom. The van der Waals surface area contributed by atoms with Gasteiger partial charge in [0, 0.05) is 11.6 Å². The van der Waals surface area contributed by atoms with E-state index in [-0.39, 0.29) is 18.3 Å². The minimum atomic E-state index is -0.514. The predicted molar refractivity (Wildman–Crippen MR) is 115 cm³/mol. The van der Waals surface area contributed by atoms with Crippen LogP contribution in [0.25, 0.3) is 10.9 Å². The molecule has 0 saturated heterocycles. The van der Waals surface area contributed by atoms with E-state index >= 15 is 0 Å². The fraction of sp³-hybridized carbons (Fsp3) is 0.261. The van der Waals surface area contributed by atoms with Crippen molar-refractivity contribution >= 4 is 34.2 Å². The number of rotatable bonds is 7. The van der Waals surface area contributed by atoms with Gasteiger partial charge in [0.25, 0.3) is 0 Å². The number of nitrogens with zero attached hydrogens (tertiary/aromatic N) is 1. The van der Waals surface area contributed by atoms with Gasteiger partial charge in [-0.05, 0) is 39.0 Å². The van der Waals surface area contributed by atoms with Crippen LogP contribution in [0.3, 0.4) is 0 Å². The molecule has 0 bridgehead atoms. The van der Waals surface area contributed by atoms with Gasteiger partial charge < -0.3 is 19.5 Å². The quantitative estimate of drug-likeness (QED) is 0.566. The van der Waals surface area contributed by atoms with Crippen LogP contribution in [0.2, 0.25) is 0 Å². The Balaban J connectivity index is 2.21. The van der Waals surface area contributed by atoms with E-state index < -0.39 is 11.9 Å². The largest absolute Gasteiger partial charge is 0.489 e. The molecule has 2 aromatic carbocycles. The minimum absolute atomic E-state index is 0.0300. The van der Waals surface area contributed by atoms with Gasteiger partial charge in [0.05, 0.1) is 42.3 Å². The van der Waals surface area contributed by atoms with Gasteiger partial charge in [-0.1, -0.05) is 24.3 Å². The summed E-state index contributed by atoms with van der Waals surface area (Å²) in [5, 5.41) is 3.88. The highest BCUT2D eigenvalue weighted by atomic mass is 16.5. The van der Waals surface area contributed by atoms with Crippen LogP contribution in [-0.2, 0) is 9.47 Å². The fourth-order valence-corrected chi connectivity index (χ4v) is 3.06. The molecule has 0 aliphatic carbocycles. The summed E-state index contributed by atoms with van der Waals surface area (Å²) in [5.41, 5.74) is 2.13. The maximum absolute atomic E-state index is 12.6. The van der Waals surface area contributed by atoms with Crippen molar-refractivity contribution < 1.29 is 23.8 Å². The van der Waals surface area contributed by atoms with Crippen LogP contribution in [-0.4, -0.2) is 36.7 Å². The van der Waals surface area contributed by atoms with E-state index in [0.29, 0.717) is 33.6 Å². The highest BCUT2D eigenvalue weighted by Crippen LogP contribution is 2.35. The molecule has 7 heteroatoms. The Labute approximate surface area is 175 Å². The first-order valence-electron chi connectivity index (χ1n) is 9.66. The third kappa shape index (κ3) is 4.35. The average molecular weight is 408 g/mol. The summed E-state index contributed by atoms with van der Waals surface area (Å²) in [6.07, 6.45) is 1.37. The Morgan fingerprint density at radius 2 is 1.80 bits per heavy atom. The summed E-state index contributed by atoms with van der Waals surface area (Å²) in [6.45, 7) is 5.84. The van der Waals surface area contributed by atoms with Gasteiger partial charge in [-0.3, -0.25) is 4.98 Å². The number of hydrogen-bond acceptors (Lipinski definition) is 7. The third-order valence-electron chi connectivity index (χ3n) is 4.31. The van der Waals surface area contributed by atoms with Crippen molar-refractivity contribution in [2.75, 3.05) is 19.0 Å². The molecular formula is C23H24N2O5. The molecule has 156 valence electrons. The lowest BCUT2D eigenvalue weighted by atomic mass is 10.0. The molecule has 0 saturated carbocycles. The summed E-state index contributed by atoms with van der Waals surface area (Å²) >= 11 is 0. The number of pyridine rings is 1. The molecular weight excluding hydrogens is 384 g/mol. The molecule has 0 unspecified atom stereocenters. The van der Waals surface area contributed by atoms with E-state index in [0.717, 1.165) is 0 Å². The molecule has 7 nitrogen and oxygen atoms in total. The van der Waals surface area contributed by atoms with Crippen LogP contribution in [0.5, 0.6) is 5.75 Å². The van der Waals surface area contributed by atoms with E-state index in [1.807, 2.05) is 38.1 Å². The summed E-state index contributed by atoms with van der Waals surface area (Å²) < 4.78 is 16.0. The summed E-state index contributed by atoms with van der Waals surface area (Å²) in [7, 11) is 1.31. The number of carbonyl (C=O) groups excluding carboxylic acids is 2. The zero-order valence-electron chi connectivity index (χ0n) is 17.4. The van der Waals surface area contributed by atoms with Crippen LogP contribution >= 0.6 is 0 Å². The normalized spacial score (nSPS) is 10.7. The zero-order chi connectivity index (χ0) is 21.7. The monoisotopic (exact) mass is 408 g/mol. The Hall–Kier alpha value is -3.61. The molecule has 30 heavy (non-hydrogen) atoms. The van der Waals surface area contributed by atoms with Crippen LogP contribution < -0.4 is 10.1 Å². The maximum atomic E-state index is 12.6. The lowest BCUT2D eigenvalue weighted by Gasteiger charge is -2.18. The van der Waals surface area contributed by atoms with Crippen LogP contribution in [0.4, 0.5) is 11.4 Å². The van der Waals surface area contributed by atoms with Crippen LogP contribution in [0, 0.1) is 0 Å². The zero-order valence-corrected chi connectivity index (χ0v) is 17.4. The lowest BCUT2D eigenvalue weighted by molar-refractivity contribution is 0.0526. The van der Waals surface area contributed by atoms with Crippen molar-refractivity contribution in [3.8, 4) is 5.75 Å². The first-order valence-corrected chi connectivity index (χ1v) is 9.66. The summed E-state index contributed by atoms with van der Waals surface area (Å²) in [5.74, 6) is -0.386. The second kappa shape index (κ2) is 9.26. The summed E-state index contributed by atoms with van der Waals surface area (Å²) in [6, 6.07) is 12.6. The van der Waals surface area contributed by atoms with Crippen molar-refractivity contribution in [2.24, 2.45) is 0 Å². The molecule has 0 radical (unpaired) electrons. The number of benzene rings is 2. The van der Waals surface area contributed by atoms with Crippen molar-refractivity contribution in [3.63, 3.8) is 0 Å². The number of aromatic nitrogens is 1. The lowest BCUT2D eigenvalue weighted by Crippen LogP contribution is -2.12. The van der Waals surface area contributed by atoms with Crippen LogP contribution in [0.1, 0.15) is 41.5 Å². The van der Waals surface area contributed by atoms with Gasteiger partial charge >= 0.3 is 11.9 Å². The second-order valence-corrected chi connectivity index (χ2v) is 6.75. The van der Waals surface area contributed by atoms with Gasteiger partial charge in [-0.2, -0.15) is 0 Å². The number of para-hydroxylation sites is 3. The number of ether oxygens (including phenoxy) is 3. The Kier molecular flexibility index (Phi) is 6.51. The number of hydrogen-bond donors (Lipinski definition) is 1. The molecule has 0 spiro atoms. The summed E-state index contributed by atoms with van der Waals surface area (Å²) in [4.78, 5) is 29.2. The van der Waals surface area contributed by atoms with E-state index in [1.54, 1.807) is 25.1 Å². The molecule has 0 aliphatic heterocycles. The van der Waals surface area contributed by atoms with Crippen molar-refractivity contribution in [2.45, 2.75) is 26.9 Å². The molecule has 0 amide bonds. The van der Waals surface area contributed by atoms with Crippen LogP contribution in [0.15, 0.2) is 48.7 Å². The number of nitrogens with one attached hydrogen (secondary N) is 1. The van der Waals surface area contributed by atoms with Gasteiger partial charge in [-0.15, -0.1) is 0 Å². The predicted octanol–water partition coefficient (Wildman–Crippen LogP) is 4.73. The average Bonchev–Trinajstić information content (AvgIpc) is 2.74. The SMILES string of the molecule is CCOC(=O)c1cnc2c(C(=O)OC)cccc2c1Nc1ccccc1OC(C)C. The molecule has 1 heterocycles. The molecule has 3 aromatic rings. The van der Waals surface area contributed by atoms with Gasteiger partial charge in [0.2, 0.25) is 0 Å². The molecule has 1 N–H and O–H groups in total. The number of anilines is 2. The minimum Gasteiger partial charge on any atom is -0.489 e. The molecule has 0 atom stereocenters. The van der Waals surface area contributed by atoms with E-state index in [9.17, 15) is 9.59 Å². The number of esters is 2. The van der Waals surface area contributed by atoms with Gasteiger partial charge in [0.1, 0.15) is 11.3 Å². The van der Waals surface area contributed by atoms with E-state index in [2.05, 4.69) is 10.3 Å². The first kappa shape index (κ1) is 21.1. The van der Waals surface area contributed by atoms with Gasteiger partial charge in [0.15, 0.2) is 0 Å². The standard InChI is InChI=1S/C23H24N2O5/c1-5-29-23(27)17-13-24-20-15(9-8-10-16(20)22(26)28-4)21(17)25-18-11-6-7-12-19(18)30-14(2)3/h6-14H,5H2,1-4H3,(H,24,25). The third-order valence-corrected chi connectivity index (χ3v) is 4.31. The smallest absolute Gasteiger partial charge is 0.341 e. The maximum Gasteiger partial charge on any atom is 0.341 e. The van der Waals surface area contributed by atoms with Crippen molar-refractivity contribution in [1.29, 1.82) is 0 Å². The highest BCUT2D eigenvalue weighted by molar-refractivity contribution is 6.11. The van der Waals surface area contributed by atoms with Crippen molar-refractivity contribution in [1.82, 2.24) is 4.98 Å². The van der Waals surface area contributed by atoms with E-state index in [4.69, 9.17) is 14.2 Å². The molecule has 0 aliphatic rings. The number of fused-ring (bicyclic) bond motifs is 1. The fourth-order valence-electron chi connectivity index (χ4n) is 3.06. The number of carbonyl (C=O) groups is 2. The Morgan fingerprint density at radius 3 is 2.50 bits per heavy atom.